The smallest absolute Gasteiger partial charge is 0.240 e. The minimum absolute atomic E-state index is 0.258. The summed E-state index contributed by atoms with van der Waals surface area (Å²) in [6.45, 7) is 9.96. The summed E-state index contributed by atoms with van der Waals surface area (Å²) in [6.07, 6.45) is 2.23. The quantitative estimate of drug-likeness (QED) is 0.336. The minimum atomic E-state index is -3.47. The van der Waals surface area contributed by atoms with Crippen LogP contribution in [0.3, 0.4) is 0 Å². The molecule has 7 heteroatoms. The lowest BCUT2D eigenvalue weighted by Crippen LogP contribution is -2.42. The van der Waals surface area contributed by atoms with Crippen molar-refractivity contribution in [3.8, 4) is 0 Å². The first-order chi connectivity index (χ1) is 11.8. The van der Waals surface area contributed by atoms with Crippen molar-refractivity contribution in [2.45, 2.75) is 51.5 Å². The molecule has 0 spiro atoms. The molecule has 0 aromatic heterocycles. The van der Waals surface area contributed by atoms with Crippen molar-refractivity contribution in [2.24, 2.45) is 10.9 Å². The molecule has 25 heavy (non-hydrogen) atoms. The number of hydrogen-bond acceptors (Lipinski definition) is 3. The van der Waals surface area contributed by atoms with Gasteiger partial charge in [0.25, 0.3) is 0 Å². The zero-order valence-corrected chi connectivity index (χ0v) is 16.6. The molecule has 0 amide bonds. The van der Waals surface area contributed by atoms with Crippen molar-refractivity contribution < 1.29 is 8.42 Å². The Bertz CT molecular complexity index is 615. The molecular formula is C18H32N4O2S. The van der Waals surface area contributed by atoms with E-state index in [1.54, 1.807) is 30.3 Å². The number of hydrogen-bond donors (Lipinski definition) is 3. The molecule has 1 unspecified atom stereocenters. The van der Waals surface area contributed by atoms with E-state index in [-0.39, 0.29) is 11.4 Å². The second-order valence-electron chi connectivity index (χ2n) is 6.49. The van der Waals surface area contributed by atoms with E-state index in [9.17, 15) is 8.42 Å². The fourth-order valence-corrected chi connectivity index (χ4v) is 3.28. The summed E-state index contributed by atoms with van der Waals surface area (Å²) in [5.41, 5.74) is 0. The maximum atomic E-state index is 12.1. The first-order valence-electron chi connectivity index (χ1n) is 8.94. The molecule has 1 aromatic carbocycles. The van der Waals surface area contributed by atoms with E-state index in [1.807, 2.05) is 6.92 Å². The van der Waals surface area contributed by atoms with E-state index in [4.69, 9.17) is 0 Å². The maximum absolute atomic E-state index is 12.1. The van der Waals surface area contributed by atoms with Crippen molar-refractivity contribution in [1.82, 2.24) is 15.4 Å². The van der Waals surface area contributed by atoms with E-state index < -0.39 is 10.0 Å². The summed E-state index contributed by atoms with van der Waals surface area (Å²) >= 11 is 0. The third kappa shape index (κ3) is 8.88. The molecular weight excluding hydrogens is 336 g/mol. The van der Waals surface area contributed by atoms with Crippen LogP contribution in [0.4, 0.5) is 0 Å². The van der Waals surface area contributed by atoms with Crippen molar-refractivity contribution >= 4 is 16.0 Å². The Kier molecular flexibility index (Phi) is 9.52. The van der Waals surface area contributed by atoms with Gasteiger partial charge in [0.2, 0.25) is 10.0 Å². The van der Waals surface area contributed by atoms with Crippen LogP contribution in [0.15, 0.2) is 40.2 Å². The second kappa shape index (κ2) is 11.1. The van der Waals surface area contributed by atoms with Crippen LogP contribution in [0.25, 0.3) is 0 Å². The average Bonchev–Trinajstić information content (AvgIpc) is 2.58. The van der Waals surface area contributed by atoms with Gasteiger partial charge in [0.05, 0.1) is 11.4 Å². The van der Waals surface area contributed by atoms with Gasteiger partial charge >= 0.3 is 0 Å². The van der Waals surface area contributed by atoms with Crippen LogP contribution < -0.4 is 15.4 Å². The molecule has 0 aliphatic carbocycles. The summed E-state index contributed by atoms with van der Waals surface area (Å²) in [6, 6.07) is 8.68. The van der Waals surface area contributed by atoms with Gasteiger partial charge < -0.3 is 10.6 Å². The molecule has 0 bridgehead atoms. The second-order valence-corrected chi connectivity index (χ2v) is 8.26. The predicted molar refractivity (Wildman–Crippen MR) is 104 cm³/mol. The fourth-order valence-electron chi connectivity index (χ4n) is 2.24. The molecule has 0 aliphatic rings. The zero-order valence-electron chi connectivity index (χ0n) is 15.7. The molecule has 0 fully saturated rings. The summed E-state index contributed by atoms with van der Waals surface area (Å²) in [5, 5.41) is 6.56. The van der Waals surface area contributed by atoms with E-state index in [1.165, 1.54) is 0 Å². The third-order valence-electron chi connectivity index (χ3n) is 3.63. The minimum Gasteiger partial charge on any atom is -0.357 e. The Labute approximate surface area is 152 Å². The first kappa shape index (κ1) is 21.4. The standard InChI is InChI=1S/C18H32N4O2S/c1-5-19-18(22-16(4)12-11-15(2)3)20-13-14-21-25(23,24)17-9-7-6-8-10-17/h6-10,15-16,21H,5,11-14H2,1-4H3,(H2,19,20,22). The van der Waals surface area contributed by atoms with Gasteiger partial charge in [-0.2, -0.15) is 0 Å². The van der Waals surface area contributed by atoms with Crippen LogP contribution in [0.5, 0.6) is 0 Å². The molecule has 0 radical (unpaired) electrons. The highest BCUT2D eigenvalue weighted by molar-refractivity contribution is 7.89. The molecule has 0 saturated heterocycles. The number of sulfonamides is 1. The number of guanidine groups is 1. The number of rotatable bonds is 10. The maximum Gasteiger partial charge on any atom is 0.240 e. The van der Waals surface area contributed by atoms with Crippen LogP contribution >= 0.6 is 0 Å². The molecule has 3 N–H and O–H groups in total. The van der Waals surface area contributed by atoms with E-state index in [2.05, 4.69) is 41.1 Å². The van der Waals surface area contributed by atoms with Crippen LogP contribution in [-0.4, -0.2) is 40.1 Å². The normalized spacial score (nSPS) is 13.7. The Morgan fingerprint density at radius 2 is 1.80 bits per heavy atom. The van der Waals surface area contributed by atoms with Gasteiger partial charge in [0, 0.05) is 19.1 Å². The molecule has 1 rings (SSSR count). The fraction of sp³-hybridized carbons (Fsp3) is 0.611. The van der Waals surface area contributed by atoms with E-state index in [0.29, 0.717) is 18.5 Å². The molecule has 142 valence electrons. The number of aliphatic imine (C=N–C) groups is 1. The summed E-state index contributed by atoms with van der Waals surface area (Å²) in [7, 11) is -3.47. The molecule has 1 atom stereocenters. The topological polar surface area (TPSA) is 82.6 Å². The lowest BCUT2D eigenvalue weighted by Gasteiger charge is -2.18. The van der Waals surface area contributed by atoms with Crippen molar-refractivity contribution in [3.05, 3.63) is 30.3 Å². The first-order valence-corrected chi connectivity index (χ1v) is 10.4. The Morgan fingerprint density at radius 1 is 1.12 bits per heavy atom. The van der Waals surface area contributed by atoms with Gasteiger partial charge in [-0.3, -0.25) is 4.99 Å². The summed E-state index contributed by atoms with van der Waals surface area (Å²) in [5.74, 6) is 1.40. The largest absolute Gasteiger partial charge is 0.357 e. The van der Waals surface area contributed by atoms with E-state index in [0.717, 1.165) is 25.3 Å². The van der Waals surface area contributed by atoms with Gasteiger partial charge in [0.15, 0.2) is 5.96 Å². The molecule has 0 saturated carbocycles. The van der Waals surface area contributed by atoms with E-state index >= 15 is 0 Å². The Morgan fingerprint density at radius 3 is 2.40 bits per heavy atom. The molecule has 0 heterocycles. The van der Waals surface area contributed by atoms with Gasteiger partial charge in [-0.1, -0.05) is 32.0 Å². The van der Waals surface area contributed by atoms with Crippen molar-refractivity contribution in [2.75, 3.05) is 19.6 Å². The van der Waals surface area contributed by atoms with Gasteiger partial charge in [-0.05, 0) is 44.7 Å². The lowest BCUT2D eigenvalue weighted by molar-refractivity contribution is 0.489. The van der Waals surface area contributed by atoms with Crippen molar-refractivity contribution in [1.29, 1.82) is 0 Å². The highest BCUT2D eigenvalue weighted by atomic mass is 32.2. The molecule has 1 aromatic rings. The van der Waals surface area contributed by atoms with Gasteiger partial charge in [-0.15, -0.1) is 0 Å². The van der Waals surface area contributed by atoms with Crippen LogP contribution in [0.2, 0.25) is 0 Å². The monoisotopic (exact) mass is 368 g/mol. The number of nitrogens with one attached hydrogen (secondary N) is 3. The van der Waals surface area contributed by atoms with Crippen molar-refractivity contribution in [3.63, 3.8) is 0 Å². The third-order valence-corrected chi connectivity index (χ3v) is 5.11. The summed E-state index contributed by atoms with van der Waals surface area (Å²) in [4.78, 5) is 4.71. The Hall–Kier alpha value is -1.60. The highest BCUT2D eigenvalue weighted by Gasteiger charge is 2.12. The number of nitrogens with zero attached hydrogens (tertiary/aromatic N) is 1. The Balaban J connectivity index is 2.49. The number of benzene rings is 1. The van der Waals surface area contributed by atoms with Crippen LogP contribution in [0, 0.1) is 5.92 Å². The predicted octanol–water partition coefficient (Wildman–Crippen LogP) is 2.34. The van der Waals surface area contributed by atoms with Gasteiger partial charge in [0.1, 0.15) is 0 Å². The van der Waals surface area contributed by atoms with Gasteiger partial charge in [-0.25, -0.2) is 13.1 Å². The molecule has 0 aliphatic heterocycles. The highest BCUT2D eigenvalue weighted by Crippen LogP contribution is 2.07. The zero-order chi connectivity index (χ0) is 18.7. The average molecular weight is 369 g/mol. The van der Waals surface area contributed by atoms with Crippen LogP contribution in [-0.2, 0) is 10.0 Å². The van der Waals surface area contributed by atoms with Crippen LogP contribution in [0.1, 0.15) is 40.5 Å². The summed E-state index contributed by atoms with van der Waals surface area (Å²) < 4.78 is 26.9. The SMILES string of the molecule is CCNC(=NCCNS(=O)(=O)c1ccccc1)NC(C)CCC(C)C. The molecule has 6 nitrogen and oxygen atoms in total. The lowest BCUT2D eigenvalue weighted by atomic mass is 10.0.